The highest BCUT2D eigenvalue weighted by molar-refractivity contribution is 6.00. The van der Waals surface area contributed by atoms with Crippen LogP contribution in [0.25, 0.3) is 0 Å². The summed E-state index contributed by atoms with van der Waals surface area (Å²) in [5, 5.41) is 0. The first-order valence-corrected chi connectivity index (χ1v) is 6.87. The summed E-state index contributed by atoms with van der Waals surface area (Å²) in [6.07, 6.45) is 1.52. The molecule has 108 valence electrons. The van der Waals surface area contributed by atoms with Crippen LogP contribution in [0.1, 0.15) is 35.7 Å². The molecular weight excluding hydrogens is 254 g/mol. The van der Waals surface area contributed by atoms with E-state index in [2.05, 4.69) is 0 Å². The highest BCUT2D eigenvalue weighted by atomic mass is 16.2. The molecule has 5 heteroatoms. The van der Waals surface area contributed by atoms with E-state index in [1.54, 1.807) is 11.0 Å². The highest BCUT2D eigenvalue weighted by Gasteiger charge is 2.32. The Kier molecular flexibility index (Phi) is 3.97. The van der Waals surface area contributed by atoms with Crippen LogP contribution in [0.3, 0.4) is 0 Å². The summed E-state index contributed by atoms with van der Waals surface area (Å²) < 4.78 is 0. The molecular formula is C15H21N3O2. The van der Waals surface area contributed by atoms with Gasteiger partial charge in [-0.2, -0.15) is 0 Å². The van der Waals surface area contributed by atoms with E-state index in [9.17, 15) is 9.59 Å². The molecule has 2 rings (SSSR count). The number of nitrogen functional groups attached to an aromatic ring is 1. The number of carbonyl (C=O) groups excluding carboxylic acids is 2. The van der Waals surface area contributed by atoms with E-state index in [0.29, 0.717) is 17.8 Å². The van der Waals surface area contributed by atoms with E-state index in [1.165, 1.54) is 0 Å². The summed E-state index contributed by atoms with van der Waals surface area (Å²) in [7, 11) is 0. The summed E-state index contributed by atoms with van der Waals surface area (Å²) in [6.45, 7) is 4.24. The molecule has 0 aromatic heterocycles. The normalized spacial score (nSPS) is 22.6. The van der Waals surface area contributed by atoms with Crippen molar-refractivity contribution in [2.24, 2.45) is 11.7 Å². The second-order valence-electron chi connectivity index (χ2n) is 5.52. The molecule has 0 aliphatic carbocycles. The number of piperidine rings is 1. The number of primary amides is 1. The maximum Gasteiger partial charge on any atom is 0.256 e. The number of nitrogens with two attached hydrogens (primary N) is 2. The molecule has 2 atom stereocenters. The molecule has 4 N–H and O–H groups in total. The number of para-hydroxylation sites is 1. The Bertz CT molecular complexity index is 542. The first-order valence-electron chi connectivity index (χ1n) is 6.87. The molecule has 5 nitrogen and oxygen atoms in total. The van der Waals surface area contributed by atoms with Crippen LogP contribution >= 0.6 is 0 Å². The summed E-state index contributed by atoms with van der Waals surface area (Å²) >= 11 is 0. The topological polar surface area (TPSA) is 89.4 Å². The molecule has 2 amide bonds. The number of rotatable bonds is 2. The lowest BCUT2D eigenvalue weighted by molar-refractivity contribution is -0.123. The second-order valence-corrected chi connectivity index (χ2v) is 5.52. The Morgan fingerprint density at radius 3 is 2.65 bits per heavy atom. The van der Waals surface area contributed by atoms with Crippen LogP contribution in [0, 0.1) is 12.8 Å². The minimum Gasteiger partial charge on any atom is -0.398 e. The molecule has 0 saturated carbocycles. The van der Waals surface area contributed by atoms with Gasteiger partial charge in [0.1, 0.15) is 0 Å². The smallest absolute Gasteiger partial charge is 0.256 e. The largest absolute Gasteiger partial charge is 0.398 e. The van der Waals surface area contributed by atoms with Crippen molar-refractivity contribution in [3.05, 3.63) is 29.3 Å². The predicted octanol–water partition coefficient (Wildman–Crippen LogP) is 1.30. The van der Waals surface area contributed by atoms with Gasteiger partial charge in [0.15, 0.2) is 0 Å². The predicted molar refractivity (Wildman–Crippen MR) is 78.0 cm³/mol. The van der Waals surface area contributed by atoms with Crippen LogP contribution in [0.2, 0.25) is 0 Å². The van der Waals surface area contributed by atoms with Gasteiger partial charge in [0.25, 0.3) is 5.91 Å². The van der Waals surface area contributed by atoms with Gasteiger partial charge in [0, 0.05) is 18.3 Å². The molecule has 0 radical (unpaired) electrons. The van der Waals surface area contributed by atoms with Gasteiger partial charge in [-0.1, -0.05) is 12.1 Å². The average molecular weight is 275 g/mol. The lowest BCUT2D eigenvalue weighted by Gasteiger charge is -2.37. The number of amides is 2. The van der Waals surface area contributed by atoms with Gasteiger partial charge < -0.3 is 16.4 Å². The fourth-order valence-corrected chi connectivity index (χ4v) is 2.64. The van der Waals surface area contributed by atoms with Crippen LogP contribution in [-0.4, -0.2) is 29.3 Å². The molecule has 0 bridgehead atoms. The number of carbonyl (C=O) groups is 2. The second kappa shape index (κ2) is 5.53. The van der Waals surface area contributed by atoms with Gasteiger partial charge in [-0.25, -0.2) is 0 Å². The van der Waals surface area contributed by atoms with Gasteiger partial charge in [-0.15, -0.1) is 0 Å². The Balaban J connectivity index is 2.26. The summed E-state index contributed by atoms with van der Waals surface area (Å²) in [5.74, 6) is -0.724. The van der Waals surface area contributed by atoms with Crippen LogP contribution < -0.4 is 11.5 Å². The Morgan fingerprint density at radius 1 is 1.30 bits per heavy atom. The molecule has 1 aliphatic heterocycles. The minimum absolute atomic E-state index is 0.0954. The van der Waals surface area contributed by atoms with Crippen molar-refractivity contribution in [1.29, 1.82) is 0 Å². The zero-order chi connectivity index (χ0) is 14.9. The standard InChI is InChI=1S/C15H21N3O2/c1-9-4-3-5-12(13(9)16)15(20)18-8-11(14(17)19)7-6-10(18)2/h3-5,10-11H,6-8,16H2,1-2H3,(H2,17,19). The number of nitrogens with zero attached hydrogens (tertiary/aromatic N) is 1. The van der Waals surface area contributed by atoms with Crippen molar-refractivity contribution in [3.8, 4) is 0 Å². The van der Waals surface area contributed by atoms with E-state index in [0.717, 1.165) is 18.4 Å². The van der Waals surface area contributed by atoms with Crippen molar-refractivity contribution in [1.82, 2.24) is 4.90 Å². The van der Waals surface area contributed by atoms with Crippen molar-refractivity contribution in [2.45, 2.75) is 32.7 Å². The van der Waals surface area contributed by atoms with Crippen molar-refractivity contribution in [2.75, 3.05) is 12.3 Å². The highest BCUT2D eigenvalue weighted by Crippen LogP contribution is 2.26. The molecule has 1 saturated heterocycles. The van der Waals surface area contributed by atoms with Crippen molar-refractivity contribution < 1.29 is 9.59 Å². The number of hydrogen-bond donors (Lipinski definition) is 2. The van der Waals surface area contributed by atoms with Crippen molar-refractivity contribution >= 4 is 17.5 Å². The zero-order valence-corrected chi connectivity index (χ0v) is 11.9. The molecule has 2 unspecified atom stereocenters. The molecule has 1 aliphatic rings. The van der Waals surface area contributed by atoms with Crippen LogP contribution in [0.5, 0.6) is 0 Å². The molecule has 1 aromatic rings. The summed E-state index contributed by atoms with van der Waals surface area (Å²) in [5.41, 5.74) is 13.2. The minimum atomic E-state index is -0.341. The Morgan fingerprint density at radius 2 is 2.00 bits per heavy atom. The molecule has 1 aromatic carbocycles. The number of benzene rings is 1. The van der Waals surface area contributed by atoms with Crippen LogP contribution in [-0.2, 0) is 4.79 Å². The Labute approximate surface area is 118 Å². The first kappa shape index (κ1) is 14.4. The molecule has 20 heavy (non-hydrogen) atoms. The fraction of sp³-hybridized carbons (Fsp3) is 0.467. The first-order chi connectivity index (χ1) is 9.41. The monoisotopic (exact) mass is 275 g/mol. The average Bonchev–Trinajstić information content (AvgIpc) is 2.41. The quantitative estimate of drug-likeness (QED) is 0.797. The lowest BCUT2D eigenvalue weighted by atomic mass is 9.92. The van der Waals surface area contributed by atoms with E-state index in [1.807, 2.05) is 26.0 Å². The van der Waals surface area contributed by atoms with E-state index in [-0.39, 0.29) is 23.8 Å². The summed E-state index contributed by atoms with van der Waals surface area (Å²) in [4.78, 5) is 25.7. The molecule has 1 heterocycles. The van der Waals surface area contributed by atoms with Crippen LogP contribution in [0.15, 0.2) is 18.2 Å². The SMILES string of the molecule is Cc1cccc(C(=O)N2CC(C(N)=O)CCC2C)c1N. The van der Waals surface area contributed by atoms with Gasteiger partial charge in [-0.05, 0) is 38.3 Å². The molecule has 0 spiro atoms. The third-order valence-electron chi connectivity index (χ3n) is 4.10. The fourth-order valence-electron chi connectivity index (χ4n) is 2.64. The van der Waals surface area contributed by atoms with Crippen molar-refractivity contribution in [3.63, 3.8) is 0 Å². The number of aryl methyl sites for hydroxylation is 1. The lowest BCUT2D eigenvalue weighted by Crippen LogP contribution is -2.48. The summed E-state index contributed by atoms with van der Waals surface area (Å²) in [6, 6.07) is 5.51. The number of anilines is 1. The maximum atomic E-state index is 12.6. The third-order valence-corrected chi connectivity index (χ3v) is 4.10. The van der Waals surface area contributed by atoms with E-state index in [4.69, 9.17) is 11.5 Å². The Hall–Kier alpha value is -2.04. The van der Waals surface area contributed by atoms with Crippen LogP contribution in [0.4, 0.5) is 5.69 Å². The van der Waals surface area contributed by atoms with E-state index >= 15 is 0 Å². The zero-order valence-electron chi connectivity index (χ0n) is 11.9. The van der Waals surface area contributed by atoms with Gasteiger partial charge in [-0.3, -0.25) is 9.59 Å². The van der Waals surface area contributed by atoms with Gasteiger partial charge >= 0.3 is 0 Å². The third kappa shape index (κ3) is 2.61. The number of hydrogen-bond acceptors (Lipinski definition) is 3. The van der Waals surface area contributed by atoms with E-state index < -0.39 is 0 Å². The maximum absolute atomic E-state index is 12.6. The van der Waals surface area contributed by atoms with Gasteiger partial charge in [0.2, 0.25) is 5.91 Å². The molecule has 1 fully saturated rings. The van der Waals surface area contributed by atoms with Gasteiger partial charge in [0.05, 0.1) is 11.5 Å². The number of likely N-dealkylation sites (tertiary alicyclic amines) is 1.